The van der Waals surface area contributed by atoms with E-state index in [2.05, 4.69) is 10.5 Å². The van der Waals surface area contributed by atoms with Gasteiger partial charge in [0.1, 0.15) is 24.4 Å². The minimum atomic E-state index is -4.51. The Balaban J connectivity index is 2.65. The van der Waals surface area contributed by atoms with Crippen LogP contribution in [0.4, 0.5) is 18.9 Å². The van der Waals surface area contributed by atoms with Gasteiger partial charge in [0.15, 0.2) is 0 Å². The number of alkyl halides is 3. The van der Waals surface area contributed by atoms with Crippen molar-refractivity contribution < 1.29 is 38.7 Å². The van der Waals surface area contributed by atoms with Gasteiger partial charge in [-0.05, 0) is 18.2 Å². The fourth-order valence-electron chi connectivity index (χ4n) is 1.58. The lowest BCUT2D eigenvalue weighted by Crippen LogP contribution is -2.46. The van der Waals surface area contributed by atoms with Gasteiger partial charge in [-0.15, -0.1) is 0 Å². The van der Waals surface area contributed by atoms with Gasteiger partial charge in [0.05, 0.1) is 24.1 Å². The molecule has 0 unspecified atom stereocenters. The molecule has 0 fully saturated rings. The highest BCUT2D eigenvalue weighted by molar-refractivity contribution is 5.65. The number of rotatable bonds is 7. The van der Waals surface area contributed by atoms with Crippen LogP contribution in [0.5, 0.6) is 0 Å². The SMILES string of the molecule is OC[C@@H](O)[C@@H](O)[C@H](O)[C@@H](O)C=NNc1cccc(C(F)(F)F)c1. The molecule has 0 heterocycles. The van der Waals surface area contributed by atoms with Gasteiger partial charge in [-0.2, -0.15) is 18.3 Å². The average molecular weight is 338 g/mol. The van der Waals surface area contributed by atoms with Crippen molar-refractivity contribution in [2.24, 2.45) is 5.10 Å². The van der Waals surface area contributed by atoms with Crippen molar-refractivity contribution in [1.82, 2.24) is 0 Å². The predicted octanol–water partition coefficient (Wildman–Crippen LogP) is -0.461. The summed E-state index contributed by atoms with van der Waals surface area (Å²) in [4.78, 5) is 0. The van der Waals surface area contributed by atoms with Crippen molar-refractivity contribution in [1.29, 1.82) is 0 Å². The van der Waals surface area contributed by atoms with Crippen LogP contribution in [0, 0.1) is 0 Å². The molecule has 7 nitrogen and oxygen atoms in total. The van der Waals surface area contributed by atoms with Crippen LogP contribution in [0.1, 0.15) is 5.56 Å². The number of hydrogen-bond donors (Lipinski definition) is 6. The second-order valence-corrected chi connectivity index (χ2v) is 4.69. The van der Waals surface area contributed by atoms with Crippen molar-refractivity contribution in [3.63, 3.8) is 0 Å². The fourth-order valence-corrected chi connectivity index (χ4v) is 1.58. The summed E-state index contributed by atoms with van der Waals surface area (Å²) in [5, 5.41) is 49.6. The molecular weight excluding hydrogens is 321 g/mol. The van der Waals surface area contributed by atoms with Crippen molar-refractivity contribution in [3.8, 4) is 0 Å². The first-order valence-electron chi connectivity index (χ1n) is 6.46. The number of hydrazone groups is 1. The molecular formula is C13H17F3N2O5. The van der Waals surface area contributed by atoms with Gasteiger partial charge in [0.2, 0.25) is 0 Å². The maximum Gasteiger partial charge on any atom is 0.416 e. The zero-order valence-electron chi connectivity index (χ0n) is 11.7. The van der Waals surface area contributed by atoms with E-state index in [1.165, 1.54) is 6.07 Å². The Bertz CT molecular complexity index is 527. The zero-order chi connectivity index (χ0) is 17.6. The first-order valence-corrected chi connectivity index (χ1v) is 6.46. The van der Waals surface area contributed by atoms with E-state index < -0.39 is 42.8 Å². The number of anilines is 1. The Morgan fingerprint density at radius 1 is 1.13 bits per heavy atom. The van der Waals surface area contributed by atoms with E-state index in [9.17, 15) is 28.5 Å². The molecule has 0 saturated heterocycles. The highest BCUT2D eigenvalue weighted by Crippen LogP contribution is 2.30. The summed E-state index contributed by atoms with van der Waals surface area (Å²) >= 11 is 0. The summed E-state index contributed by atoms with van der Waals surface area (Å²) in [7, 11) is 0. The smallest absolute Gasteiger partial charge is 0.394 e. The second kappa shape index (κ2) is 8.22. The molecule has 0 aliphatic rings. The fraction of sp³-hybridized carbons (Fsp3) is 0.462. The van der Waals surface area contributed by atoms with Crippen molar-refractivity contribution in [3.05, 3.63) is 29.8 Å². The van der Waals surface area contributed by atoms with Crippen LogP contribution in [0.3, 0.4) is 0 Å². The molecule has 0 bridgehead atoms. The molecule has 6 N–H and O–H groups in total. The Morgan fingerprint density at radius 3 is 2.35 bits per heavy atom. The van der Waals surface area contributed by atoms with Crippen LogP contribution >= 0.6 is 0 Å². The highest BCUT2D eigenvalue weighted by Gasteiger charge is 2.30. The molecule has 0 aliphatic carbocycles. The van der Waals surface area contributed by atoms with Crippen LogP contribution < -0.4 is 5.43 Å². The van der Waals surface area contributed by atoms with Crippen molar-refractivity contribution in [2.45, 2.75) is 30.6 Å². The topological polar surface area (TPSA) is 126 Å². The van der Waals surface area contributed by atoms with E-state index in [0.29, 0.717) is 0 Å². The average Bonchev–Trinajstić information content (AvgIpc) is 2.52. The van der Waals surface area contributed by atoms with Gasteiger partial charge in [-0.1, -0.05) is 6.07 Å². The van der Waals surface area contributed by atoms with E-state index in [4.69, 9.17) is 10.2 Å². The Labute approximate surface area is 129 Å². The van der Waals surface area contributed by atoms with E-state index in [-0.39, 0.29) is 5.69 Å². The van der Waals surface area contributed by atoms with Crippen molar-refractivity contribution in [2.75, 3.05) is 12.0 Å². The quantitative estimate of drug-likeness (QED) is 0.295. The normalized spacial score (nSPS) is 17.7. The molecule has 10 heteroatoms. The molecule has 1 aromatic carbocycles. The van der Waals surface area contributed by atoms with E-state index >= 15 is 0 Å². The number of hydrogen-bond acceptors (Lipinski definition) is 7. The molecule has 0 amide bonds. The summed E-state index contributed by atoms with van der Waals surface area (Å²) in [6, 6.07) is 4.14. The predicted molar refractivity (Wildman–Crippen MR) is 74.7 cm³/mol. The molecule has 0 radical (unpaired) electrons. The summed E-state index contributed by atoms with van der Waals surface area (Å²) in [5.74, 6) is 0. The number of nitrogens with zero attached hydrogens (tertiary/aromatic N) is 1. The van der Waals surface area contributed by atoms with Gasteiger partial charge < -0.3 is 25.5 Å². The Morgan fingerprint density at radius 2 is 1.78 bits per heavy atom. The van der Waals surface area contributed by atoms with Crippen LogP contribution in [0.15, 0.2) is 29.4 Å². The van der Waals surface area contributed by atoms with Crippen molar-refractivity contribution >= 4 is 11.9 Å². The number of benzene rings is 1. The first kappa shape index (κ1) is 19.3. The molecule has 0 saturated carbocycles. The zero-order valence-corrected chi connectivity index (χ0v) is 11.7. The van der Waals surface area contributed by atoms with Gasteiger partial charge in [0.25, 0.3) is 0 Å². The number of aliphatic hydroxyl groups excluding tert-OH is 5. The Hall–Kier alpha value is -1.72. The van der Waals surface area contributed by atoms with E-state index in [1.54, 1.807) is 0 Å². The van der Waals surface area contributed by atoms with Gasteiger partial charge in [-0.25, -0.2) is 0 Å². The minimum absolute atomic E-state index is 0.00583. The third-order valence-electron chi connectivity index (χ3n) is 2.89. The van der Waals surface area contributed by atoms with Gasteiger partial charge in [-0.3, -0.25) is 5.43 Å². The number of aliphatic hydroxyl groups is 5. The van der Waals surface area contributed by atoms with E-state index in [1.807, 2.05) is 0 Å². The Kier molecular flexibility index (Phi) is 6.91. The summed E-state index contributed by atoms with van der Waals surface area (Å²) in [6.07, 6.45) is -10.8. The highest BCUT2D eigenvalue weighted by atomic mass is 19.4. The van der Waals surface area contributed by atoms with E-state index in [0.717, 1.165) is 24.4 Å². The largest absolute Gasteiger partial charge is 0.416 e. The molecule has 1 aromatic rings. The summed E-state index contributed by atoms with van der Waals surface area (Å²) < 4.78 is 37.5. The maximum atomic E-state index is 12.5. The summed E-state index contributed by atoms with van der Waals surface area (Å²) in [5.41, 5.74) is 1.33. The molecule has 1 rings (SSSR count). The van der Waals surface area contributed by atoms with Gasteiger partial charge in [0, 0.05) is 0 Å². The minimum Gasteiger partial charge on any atom is -0.394 e. The lowest BCUT2D eigenvalue weighted by Gasteiger charge is -2.23. The molecule has 4 atom stereocenters. The molecule has 0 spiro atoms. The lowest BCUT2D eigenvalue weighted by atomic mass is 10.0. The molecule has 130 valence electrons. The van der Waals surface area contributed by atoms with Gasteiger partial charge >= 0.3 is 6.18 Å². The third kappa shape index (κ3) is 5.77. The maximum absolute atomic E-state index is 12.5. The number of halogens is 3. The first-order chi connectivity index (χ1) is 10.7. The molecule has 23 heavy (non-hydrogen) atoms. The molecule has 0 aromatic heterocycles. The lowest BCUT2D eigenvalue weighted by molar-refractivity contribution is -0.137. The van der Waals surface area contributed by atoms with Crippen LogP contribution in [-0.2, 0) is 6.18 Å². The third-order valence-corrected chi connectivity index (χ3v) is 2.89. The van der Waals surface area contributed by atoms with Crippen LogP contribution in [0.2, 0.25) is 0 Å². The number of nitrogens with one attached hydrogen (secondary N) is 1. The standard InChI is InChI=1S/C13H17F3N2O5/c14-13(15,16)7-2-1-3-8(4-7)18-17-5-9(20)11(22)12(23)10(21)6-19/h1-5,9-12,18-23H,6H2/t9-,10+,11+,12+/m0/s1. The second-order valence-electron chi connectivity index (χ2n) is 4.69. The monoisotopic (exact) mass is 338 g/mol. The summed E-state index contributed by atoms with van der Waals surface area (Å²) in [6.45, 7) is -0.829. The molecule has 0 aliphatic heterocycles. The van der Waals surface area contributed by atoms with Crippen LogP contribution in [0.25, 0.3) is 0 Å². The van der Waals surface area contributed by atoms with Crippen LogP contribution in [-0.4, -0.2) is 62.8 Å².